The van der Waals surface area contributed by atoms with Crippen LogP contribution in [0.4, 0.5) is 5.82 Å². The van der Waals surface area contributed by atoms with Crippen molar-refractivity contribution >= 4 is 33.8 Å². The van der Waals surface area contributed by atoms with Crippen molar-refractivity contribution in [3.63, 3.8) is 0 Å². The van der Waals surface area contributed by atoms with E-state index in [1.165, 1.54) is 0 Å². The number of nitrogens with one attached hydrogen (secondary N) is 3. The van der Waals surface area contributed by atoms with E-state index in [1.807, 2.05) is 49.0 Å². The average molecular weight is 447 g/mol. The molecule has 0 spiro atoms. The zero-order valence-corrected chi connectivity index (χ0v) is 18.8. The number of amides is 1. The van der Waals surface area contributed by atoms with Gasteiger partial charge in [-0.05, 0) is 31.0 Å². The van der Waals surface area contributed by atoms with E-state index in [0.717, 1.165) is 45.6 Å². The second kappa shape index (κ2) is 9.67. The highest BCUT2D eigenvalue weighted by molar-refractivity contribution is 6.07. The van der Waals surface area contributed by atoms with E-state index >= 15 is 0 Å². The Kier molecular flexibility index (Phi) is 6.51. The second-order valence-electron chi connectivity index (χ2n) is 7.75. The minimum atomic E-state index is -0.319. The molecule has 4 aromatic heterocycles. The van der Waals surface area contributed by atoms with Gasteiger partial charge in [-0.3, -0.25) is 4.79 Å². The number of imidazole rings is 1. The summed E-state index contributed by atoms with van der Waals surface area (Å²) in [7, 11) is 5.42. The molecule has 3 N–H and O–H groups in total. The van der Waals surface area contributed by atoms with Crippen LogP contribution in [-0.2, 0) is 16.6 Å². The van der Waals surface area contributed by atoms with Crippen LogP contribution in [0.25, 0.3) is 33.5 Å². The maximum Gasteiger partial charge on any atom is 0.234 e. The molecule has 0 fully saturated rings. The summed E-state index contributed by atoms with van der Waals surface area (Å²) in [5.74, 6) is 0.381. The first-order valence-corrected chi connectivity index (χ1v) is 10.7. The number of nitriles is 1. The highest BCUT2D eigenvalue weighted by Crippen LogP contribution is 2.31. The second-order valence-corrected chi connectivity index (χ2v) is 7.75. The molecule has 4 rings (SSSR count). The molecule has 0 aliphatic carbocycles. The number of hydrogen-bond acceptors (Lipinski definition) is 7. The van der Waals surface area contributed by atoms with E-state index in [1.54, 1.807) is 13.4 Å². The predicted molar refractivity (Wildman–Crippen MR) is 125 cm³/mol. The first kappa shape index (κ1) is 22.2. The highest BCUT2D eigenvalue weighted by Gasteiger charge is 2.19. The van der Waals surface area contributed by atoms with Crippen molar-refractivity contribution < 1.29 is 9.53 Å². The van der Waals surface area contributed by atoms with Gasteiger partial charge < -0.3 is 24.9 Å². The number of rotatable bonds is 9. The number of aromatic nitrogens is 5. The molecule has 0 bridgehead atoms. The number of aromatic amines is 1. The van der Waals surface area contributed by atoms with Gasteiger partial charge in [0.2, 0.25) is 5.91 Å². The van der Waals surface area contributed by atoms with Crippen LogP contribution in [-0.4, -0.2) is 51.2 Å². The Bertz CT molecular complexity index is 1330. The zero-order chi connectivity index (χ0) is 23.4. The minimum absolute atomic E-state index is 0.192. The van der Waals surface area contributed by atoms with Gasteiger partial charge in [0.25, 0.3) is 0 Å². The Morgan fingerprint density at radius 1 is 1.36 bits per heavy atom. The summed E-state index contributed by atoms with van der Waals surface area (Å²) in [6, 6.07) is 9.30. The van der Waals surface area contributed by atoms with Crippen LogP contribution in [0.1, 0.15) is 31.0 Å². The number of H-pyrrole nitrogens is 1. The van der Waals surface area contributed by atoms with E-state index in [4.69, 9.17) is 15.0 Å². The number of carbonyl (C=O) groups is 1. The van der Waals surface area contributed by atoms with E-state index < -0.39 is 0 Å². The first-order chi connectivity index (χ1) is 16.0. The Labute approximate surface area is 191 Å². The maximum absolute atomic E-state index is 12.1. The number of nitrogens with zero attached hydrogens (tertiary/aromatic N) is 5. The average Bonchev–Trinajstić information content (AvgIpc) is 3.42. The molecule has 0 aromatic carbocycles. The molecule has 0 radical (unpaired) electrons. The SMILES string of the molecule is CNc1nc2[nH]c(-c3cccc([C@H](CCCOC)NC(=O)CC#N)n3)cc2c2c1ncn2C. The monoisotopic (exact) mass is 446 g/mol. The van der Waals surface area contributed by atoms with Gasteiger partial charge >= 0.3 is 0 Å². The molecule has 10 heteroatoms. The zero-order valence-electron chi connectivity index (χ0n) is 18.8. The normalized spacial score (nSPS) is 12.1. The Balaban J connectivity index is 1.72. The van der Waals surface area contributed by atoms with Crippen molar-refractivity contribution in [2.45, 2.75) is 25.3 Å². The largest absolute Gasteiger partial charge is 0.385 e. The molecule has 0 aliphatic rings. The van der Waals surface area contributed by atoms with Crippen LogP contribution in [0.3, 0.4) is 0 Å². The van der Waals surface area contributed by atoms with Gasteiger partial charge in [-0.25, -0.2) is 15.0 Å². The van der Waals surface area contributed by atoms with Crippen molar-refractivity contribution in [1.29, 1.82) is 5.26 Å². The number of hydrogen-bond donors (Lipinski definition) is 3. The molecule has 0 aliphatic heterocycles. The lowest BCUT2D eigenvalue weighted by atomic mass is 10.1. The summed E-state index contributed by atoms with van der Waals surface area (Å²) in [6.45, 7) is 0.576. The van der Waals surface area contributed by atoms with Gasteiger partial charge in [-0.2, -0.15) is 5.26 Å². The summed E-state index contributed by atoms with van der Waals surface area (Å²) in [5.41, 5.74) is 4.79. The topological polar surface area (TPSA) is 134 Å². The van der Waals surface area contributed by atoms with Crippen LogP contribution >= 0.6 is 0 Å². The lowest BCUT2D eigenvalue weighted by Gasteiger charge is -2.18. The van der Waals surface area contributed by atoms with Gasteiger partial charge in [0.15, 0.2) is 5.82 Å². The fourth-order valence-corrected chi connectivity index (χ4v) is 3.95. The number of methoxy groups -OCH3 is 1. The Hall–Kier alpha value is -3.97. The van der Waals surface area contributed by atoms with Gasteiger partial charge in [-0.15, -0.1) is 0 Å². The standard InChI is InChI=1S/C23H26N8O2/c1-25-23-20-21(31(2)13-26-20)14-12-18(29-22(14)30-23)17-7-4-6-15(27-17)16(8-5-11-33-3)28-19(32)9-10-24/h4,6-7,12-13,16H,5,8-9,11H2,1-3H3,(H,28,32)(H2,25,29,30)/t16-/m0/s1. The molecule has 1 amide bonds. The maximum atomic E-state index is 12.1. The molecule has 0 unspecified atom stereocenters. The van der Waals surface area contributed by atoms with Crippen LogP contribution in [0.15, 0.2) is 30.6 Å². The van der Waals surface area contributed by atoms with E-state index in [-0.39, 0.29) is 18.4 Å². The van der Waals surface area contributed by atoms with Crippen LogP contribution in [0.2, 0.25) is 0 Å². The Morgan fingerprint density at radius 2 is 2.21 bits per heavy atom. The highest BCUT2D eigenvalue weighted by atomic mass is 16.5. The lowest BCUT2D eigenvalue weighted by molar-refractivity contribution is -0.121. The molecule has 1 atom stereocenters. The van der Waals surface area contributed by atoms with Gasteiger partial charge in [0, 0.05) is 33.2 Å². The van der Waals surface area contributed by atoms with E-state index in [9.17, 15) is 4.79 Å². The summed E-state index contributed by atoms with van der Waals surface area (Å²) >= 11 is 0. The molecule has 4 heterocycles. The summed E-state index contributed by atoms with van der Waals surface area (Å²) in [6.07, 6.45) is 2.98. The number of fused-ring (bicyclic) bond motifs is 3. The van der Waals surface area contributed by atoms with E-state index in [0.29, 0.717) is 18.8 Å². The fourth-order valence-electron chi connectivity index (χ4n) is 3.95. The van der Waals surface area contributed by atoms with Crippen molar-refractivity contribution in [2.24, 2.45) is 7.05 Å². The van der Waals surface area contributed by atoms with Crippen molar-refractivity contribution in [2.75, 3.05) is 26.1 Å². The van der Waals surface area contributed by atoms with Gasteiger partial charge in [-0.1, -0.05) is 6.07 Å². The number of aryl methyl sites for hydroxylation is 1. The van der Waals surface area contributed by atoms with E-state index in [2.05, 4.69) is 25.6 Å². The quantitative estimate of drug-likeness (QED) is 0.336. The van der Waals surface area contributed by atoms with Crippen LogP contribution in [0, 0.1) is 11.3 Å². The third-order valence-corrected chi connectivity index (χ3v) is 5.49. The van der Waals surface area contributed by atoms with Gasteiger partial charge in [0.05, 0.1) is 41.0 Å². The predicted octanol–water partition coefficient (Wildman–Crippen LogP) is 3.05. The number of anilines is 1. The number of ether oxygens (including phenoxy) is 1. The molecule has 0 saturated heterocycles. The summed E-state index contributed by atoms with van der Waals surface area (Å²) in [4.78, 5) is 29.4. The number of pyridine rings is 2. The summed E-state index contributed by atoms with van der Waals surface area (Å²) < 4.78 is 7.13. The van der Waals surface area contributed by atoms with Crippen LogP contribution in [0.5, 0.6) is 0 Å². The molecular formula is C23H26N8O2. The third-order valence-electron chi connectivity index (χ3n) is 5.49. The van der Waals surface area contributed by atoms with Crippen LogP contribution < -0.4 is 10.6 Å². The summed E-state index contributed by atoms with van der Waals surface area (Å²) in [5, 5.41) is 15.8. The fraction of sp³-hybridized carbons (Fsp3) is 0.348. The molecule has 0 saturated carbocycles. The first-order valence-electron chi connectivity index (χ1n) is 10.7. The molecule has 4 aromatic rings. The molecule has 170 valence electrons. The molecular weight excluding hydrogens is 420 g/mol. The smallest absolute Gasteiger partial charge is 0.234 e. The Morgan fingerprint density at radius 3 is 2.97 bits per heavy atom. The lowest BCUT2D eigenvalue weighted by Crippen LogP contribution is -2.29. The van der Waals surface area contributed by atoms with Gasteiger partial charge in [0.1, 0.15) is 17.6 Å². The van der Waals surface area contributed by atoms with Crippen molar-refractivity contribution in [3.8, 4) is 17.5 Å². The molecule has 33 heavy (non-hydrogen) atoms. The van der Waals surface area contributed by atoms with Crippen molar-refractivity contribution in [3.05, 3.63) is 36.3 Å². The van der Waals surface area contributed by atoms with Crippen molar-refractivity contribution in [1.82, 2.24) is 29.8 Å². The number of carbonyl (C=O) groups excluding carboxylic acids is 1. The third kappa shape index (κ3) is 4.49. The minimum Gasteiger partial charge on any atom is -0.385 e. The molecule has 10 nitrogen and oxygen atoms in total.